The van der Waals surface area contributed by atoms with Crippen molar-refractivity contribution in [1.29, 1.82) is 0 Å². The maximum atomic E-state index is 13.5. The molecule has 214 valence electrons. The summed E-state index contributed by atoms with van der Waals surface area (Å²) in [5.41, 5.74) is 1.57. The molecule has 3 N–H and O–H groups in total. The van der Waals surface area contributed by atoms with Crippen molar-refractivity contribution in [2.24, 2.45) is 5.92 Å². The molecule has 41 heavy (non-hydrogen) atoms. The van der Waals surface area contributed by atoms with Gasteiger partial charge < -0.3 is 24.8 Å². The van der Waals surface area contributed by atoms with Gasteiger partial charge in [0.25, 0.3) is 5.91 Å². The normalized spacial score (nSPS) is 17.2. The number of rotatable bonds is 3. The molecule has 0 saturated heterocycles. The number of hydrogen-bond acceptors (Lipinski definition) is 7. The summed E-state index contributed by atoms with van der Waals surface area (Å²) in [5.74, 6) is 0.505. The molecular weight excluding hydrogens is 524 g/mol. The van der Waals surface area contributed by atoms with Gasteiger partial charge in [0.1, 0.15) is 23.3 Å². The Hall–Kier alpha value is -4.74. The number of hydrogen-bond donors (Lipinski definition) is 3. The first kappa shape index (κ1) is 27.8. The molecule has 12 nitrogen and oxygen atoms in total. The minimum atomic E-state index is -0.736. The highest BCUT2D eigenvalue weighted by Crippen LogP contribution is 2.23. The number of imidazole rings is 1. The molecule has 3 aromatic heterocycles. The largest absolute Gasteiger partial charge is 0.494 e. The van der Waals surface area contributed by atoms with Crippen molar-refractivity contribution < 1.29 is 19.1 Å². The molecule has 12 heteroatoms. The zero-order chi connectivity index (χ0) is 28.8. The third-order valence-electron chi connectivity index (χ3n) is 6.80. The number of carbonyl (C=O) groups excluding carboxylic acids is 3. The van der Waals surface area contributed by atoms with Crippen LogP contribution in [0.15, 0.2) is 55.0 Å². The molecule has 4 heterocycles. The van der Waals surface area contributed by atoms with Crippen molar-refractivity contribution in [1.82, 2.24) is 40.3 Å². The molecule has 0 saturated carbocycles. The fourth-order valence-electron chi connectivity index (χ4n) is 4.82. The van der Waals surface area contributed by atoms with E-state index >= 15 is 0 Å². The van der Waals surface area contributed by atoms with Crippen LogP contribution in [0.4, 0.5) is 0 Å². The lowest BCUT2D eigenvalue weighted by Crippen LogP contribution is -2.51. The molecule has 0 spiro atoms. The summed E-state index contributed by atoms with van der Waals surface area (Å²) in [6.07, 6.45) is 6.14. The van der Waals surface area contributed by atoms with Gasteiger partial charge in [0, 0.05) is 43.0 Å². The monoisotopic (exact) mass is 558 g/mol. The van der Waals surface area contributed by atoms with E-state index in [1.165, 1.54) is 4.90 Å². The lowest BCUT2D eigenvalue weighted by Gasteiger charge is -2.25. The van der Waals surface area contributed by atoms with Gasteiger partial charge in [-0.2, -0.15) is 5.10 Å². The van der Waals surface area contributed by atoms with Gasteiger partial charge in [-0.1, -0.05) is 26.0 Å². The van der Waals surface area contributed by atoms with Gasteiger partial charge >= 0.3 is 0 Å². The number of benzene rings is 1. The molecular formula is C29H34N8O4. The molecule has 1 aromatic carbocycles. The summed E-state index contributed by atoms with van der Waals surface area (Å²) < 4.78 is 7.97. The average molecular weight is 559 g/mol. The van der Waals surface area contributed by atoms with Crippen LogP contribution in [-0.4, -0.2) is 79.6 Å². The number of carbonyl (C=O) groups is 3. The van der Waals surface area contributed by atoms with E-state index < -0.39 is 17.9 Å². The molecule has 3 amide bonds. The van der Waals surface area contributed by atoms with Crippen LogP contribution in [0, 0.1) is 5.92 Å². The number of nitrogens with zero attached hydrogens (tertiary/aromatic N) is 5. The minimum Gasteiger partial charge on any atom is -0.494 e. The topological polar surface area (TPSA) is 147 Å². The minimum absolute atomic E-state index is 0.164. The maximum Gasteiger partial charge on any atom is 0.273 e. The van der Waals surface area contributed by atoms with Gasteiger partial charge in [-0.25, -0.2) is 9.97 Å². The van der Waals surface area contributed by atoms with Crippen LogP contribution in [0.5, 0.6) is 5.75 Å². The Morgan fingerprint density at radius 3 is 2.90 bits per heavy atom. The molecule has 0 fully saturated rings. The number of aromatic nitrogens is 5. The van der Waals surface area contributed by atoms with E-state index in [0.717, 1.165) is 16.8 Å². The van der Waals surface area contributed by atoms with Crippen LogP contribution >= 0.6 is 0 Å². The molecule has 5 rings (SSSR count). The second-order valence-electron chi connectivity index (χ2n) is 10.4. The summed E-state index contributed by atoms with van der Waals surface area (Å²) in [5, 5.41) is 13.3. The van der Waals surface area contributed by atoms with Gasteiger partial charge in [0.15, 0.2) is 5.65 Å². The Morgan fingerprint density at radius 1 is 1.17 bits per heavy atom. The lowest BCUT2D eigenvalue weighted by atomic mass is 10.0. The maximum absolute atomic E-state index is 13.5. The second-order valence-corrected chi connectivity index (χ2v) is 10.4. The highest BCUT2D eigenvalue weighted by molar-refractivity contribution is 5.97. The van der Waals surface area contributed by atoms with E-state index in [2.05, 4.69) is 30.8 Å². The highest BCUT2D eigenvalue weighted by Gasteiger charge is 2.25. The van der Waals surface area contributed by atoms with E-state index in [-0.39, 0.29) is 30.6 Å². The summed E-state index contributed by atoms with van der Waals surface area (Å²) in [4.78, 5) is 50.2. The molecule has 1 atom stereocenters. The Morgan fingerprint density at radius 2 is 2.05 bits per heavy atom. The van der Waals surface area contributed by atoms with Crippen molar-refractivity contribution in [3.63, 3.8) is 0 Å². The molecule has 1 aliphatic heterocycles. The number of amides is 3. The van der Waals surface area contributed by atoms with Crippen LogP contribution in [0.1, 0.15) is 37.2 Å². The fraction of sp³-hybridized carbons (Fsp3) is 0.379. The van der Waals surface area contributed by atoms with E-state index in [4.69, 9.17) is 4.74 Å². The highest BCUT2D eigenvalue weighted by atomic mass is 16.5. The molecule has 0 aliphatic carbocycles. The van der Waals surface area contributed by atoms with E-state index in [9.17, 15) is 14.4 Å². The van der Waals surface area contributed by atoms with E-state index in [0.29, 0.717) is 43.9 Å². The van der Waals surface area contributed by atoms with Crippen LogP contribution < -0.4 is 15.4 Å². The van der Waals surface area contributed by atoms with Crippen LogP contribution in [0.2, 0.25) is 0 Å². The van der Waals surface area contributed by atoms with Crippen LogP contribution in [0.3, 0.4) is 0 Å². The molecule has 1 aliphatic rings. The first-order valence-electron chi connectivity index (χ1n) is 13.8. The lowest BCUT2D eigenvalue weighted by molar-refractivity contribution is -0.129. The molecule has 4 aromatic rings. The van der Waals surface area contributed by atoms with Crippen molar-refractivity contribution in [2.75, 3.05) is 26.2 Å². The quantitative estimate of drug-likeness (QED) is 0.350. The van der Waals surface area contributed by atoms with Gasteiger partial charge in [-0.3, -0.25) is 19.5 Å². The molecule has 2 bridgehead atoms. The number of fused-ring (bicyclic) bond motifs is 5. The summed E-state index contributed by atoms with van der Waals surface area (Å²) in [7, 11) is 0. The van der Waals surface area contributed by atoms with E-state index in [1.807, 2.05) is 48.9 Å². The second kappa shape index (κ2) is 12.6. The first-order chi connectivity index (χ1) is 19.9. The average Bonchev–Trinajstić information content (AvgIpc) is 3.62. The van der Waals surface area contributed by atoms with Crippen molar-refractivity contribution in [2.45, 2.75) is 39.3 Å². The van der Waals surface area contributed by atoms with E-state index in [1.54, 1.807) is 24.5 Å². The van der Waals surface area contributed by atoms with Crippen LogP contribution in [0.25, 0.3) is 22.4 Å². The van der Waals surface area contributed by atoms with Crippen molar-refractivity contribution in [3.05, 3.63) is 60.7 Å². The Kier molecular flexibility index (Phi) is 8.56. The van der Waals surface area contributed by atoms with Gasteiger partial charge in [0.2, 0.25) is 11.8 Å². The predicted molar refractivity (Wildman–Crippen MR) is 152 cm³/mol. The first-order valence-corrected chi connectivity index (χ1v) is 13.8. The predicted octanol–water partition coefficient (Wildman–Crippen LogP) is 2.39. The molecule has 0 radical (unpaired) electrons. The zero-order valence-corrected chi connectivity index (χ0v) is 23.2. The van der Waals surface area contributed by atoms with Gasteiger partial charge in [-0.05, 0) is 43.0 Å². The van der Waals surface area contributed by atoms with Gasteiger partial charge in [0.05, 0.1) is 19.3 Å². The zero-order valence-electron chi connectivity index (χ0n) is 23.2. The standard InChI is InChI=1S/C29H34N8O4/c1-19(2)15-24-28(39)31-10-13-36-12-9-30-27(36)20-5-3-6-22(16-20)41-14-4-11-37(18-25(38)33-24)29(40)23-8-7-21-17-32-35-26(21)34-23/h3,5-9,12,16-17,19,24H,4,10-11,13-15,18H2,1-2H3,(H,31,39)(H,33,38)(H,32,34,35)/t24-/m1/s1. The Bertz CT molecular complexity index is 1530. The summed E-state index contributed by atoms with van der Waals surface area (Å²) in [6.45, 7) is 5.19. The SMILES string of the molecule is CC(C)C[C@H]1NC(=O)CN(C(=O)c2ccc3cn[nH]c3n2)CCCOc2cccc(c2)-c2nccn2CCNC1=O. The molecule has 0 unspecified atom stereocenters. The number of nitrogens with one attached hydrogen (secondary N) is 3. The van der Waals surface area contributed by atoms with Crippen LogP contribution in [-0.2, 0) is 16.1 Å². The number of aromatic amines is 1. The van der Waals surface area contributed by atoms with Gasteiger partial charge in [-0.15, -0.1) is 0 Å². The summed E-state index contributed by atoms with van der Waals surface area (Å²) >= 11 is 0. The van der Waals surface area contributed by atoms with Crippen molar-refractivity contribution >= 4 is 28.8 Å². The number of ether oxygens (including phenoxy) is 1. The number of pyridine rings is 1. The Balaban J connectivity index is 1.40. The summed E-state index contributed by atoms with van der Waals surface area (Å²) in [6, 6.07) is 10.3. The Labute approximate surface area is 237 Å². The smallest absolute Gasteiger partial charge is 0.273 e. The fourth-order valence-corrected chi connectivity index (χ4v) is 4.82. The number of H-pyrrole nitrogens is 1. The third kappa shape index (κ3) is 6.89. The van der Waals surface area contributed by atoms with Crippen molar-refractivity contribution in [3.8, 4) is 17.1 Å². The third-order valence-corrected chi connectivity index (χ3v) is 6.80.